The van der Waals surface area contributed by atoms with Crippen LogP contribution in [-0.2, 0) is 30.9 Å². The van der Waals surface area contributed by atoms with E-state index in [9.17, 15) is 19.2 Å². The Bertz CT molecular complexity index is 1240. The van der Waals surface area contributed by atoms with Gasteiger partial charge in [0.15, 0.2) is 12.4 Å². The molecule has 2 saturated heterocycles. The molecular weight excluding hydrogens is 488 g/mol. The molecule has 3 aliphatic rings. The van der Waals surface area contributed by atoms with E-state index in [0.717, 1.165) is 5.69 Å². The summed E-state index contributed by atoms with van der Waals surface area (Å²) < 4.78 is 12.8. The van der Waals surface area contributed by atoms with Crippen molar-refractivity contribution >= 4 is 29.6 Å². The van der Waals surface area contributed by atoms with Crippen molar-refractivity contribution in [1.29, 1.82) is 0 Å². The van der Waals surface area contributed by atoms with Gasteiger partial charge in [-0.3, -0.25) is 14.5 Å². The monoisotopic (exact) mass is 525 g/mol. The highest BCUT2D eigenvalue weighted by Crippen LogP contribution is 2.39. The molecule has 2 fully saturated rings. The van der Waals surface area contributed by atoms with Crippen LogP contribution in [-0.4, -0.2) is 58.6 Å². The van der Waals surface area contributed by atoms with Crippen molar-refractivity contribution in [1.82, 2.24) is 10.2 Å². The highest BCUT2D eigenvalue weighted by Gasteiger charge is 2.54. The number of aromatic nitrogens is 1. The van der Waals surface area contributed by atoms with Crippen LogP contribution in [0.15, 0.2) is 47.4 Å². The zero-order valence-electron chi connectivity index (χ0n) is 23.2. The highest BCUT2D eigenvalue weighted by molar-refractivity contribution is 6.09. The van der Waals surface area contributed by atoms with Gasteiger partial charge >= 0.3 is 12.1 Å². The first kappa shape index (κ1) is 27.3. The smallest absolute Gasteiger partial charge is 0.408 e. The summed E-state index contributed by atoms with van der Waals surface area (Å²) in [4.78, 5) is 55.3. The van der Waals surface area contributed by atoms with Crippen LogP contribution < -0.4 is 14.8 Å². The number of nitrogens with zero attached hydrogens (tertiary/aromatic N) is 3. The third-order valence-electron chi connectivity index (χ3n) is 6.45. The van der Waals surface area contributed by atoms with Gasteiger partial charge in [-0.15, -0.1) is 0 Å². The minimum atomic E-state index is -0.793. The predicted octanol–water partition coefficient (Wildman–Crippen LogP) is 2.67. The lowest BCUT2D eigenvalue weighted by Crippen LogP contribution is -2.72. The summed E-state index contributed by atoms with van der Waals surface area (Å²) in [6.07, 6.45) is 6.32. The Balaban J connectivity index is 1.62. The third kappa shape index (κ3) is 5.74. The second kappa shape index (κ2) is 9.89. The van der Waals surface area contributed by atoms with Gasteiger partial charge in [0.05, 0.1) is 6.04 Å². The van der Waals surface area contributed by atoms with Gasteiger partial charge in [-0.1, -0.05) is 0 Å². The summed E-state index contributed by atoms with van der Waals surface area (Å²) in [5.41, 5.74) is 0.602. The topological polar surface area (TPSA) is 109 Å². The number of allylic oxidation sites excluding steroid dienone is 2. The number of aryl methyl sites for hydroxylation is 1. The average molecular weight is 526 g/mol. The first-order valence-corrected chi connectivity index (χ1v) is 12.9. The molecule has 0 spiro atoms. The maximum absolute atomic E-state index is 13.3. The number of β-lactam (4-membered cyclic amide) rings is 1. The normalized spacial score (nSPS) is 22.9. The number of amides is 3. The molecule has 0 unspecified atom stereocenters. The Morgan fingerprint density at radius 3 is 2.39 bits per heavy atom. The quantitative estimate of drug-likeness (QED) is 0.280. The summed E-state index contributed by atoms with van der Waals surface area (Å²) in [6.45, 7) is 11.0. The molecule has 1 aromatic heterocycles. The number of fused-ring (bicyclic) bond motifs is 1. The molecule has 10 heteroatoms. The highest BCUT2D eigenvalue weighted by atomic mass is 16.6. The minimum Gasteiger partial charge on any atom is -0.455 e. The van der Waals surface area contributed by atoms with E-state index < -0.39 is 41.3 Å². The molecule has 3 aliphatic heterocycles. The van der Waals surface area contributed by atoms with Crippen LogP contribution in [0.1, 0.15) is 60.8 Å². The summed E-state index contributed by atoms with van der Waals surface area (Å²) >= 11 is 0. The fourth-order valence-electron chi connectivity index (χ4n) is 4.92. The van der Waals surface area contributed by atoms with Crippen molar-refractivity contribution in [3.63, 3.8) is 0 Å². The molecule has 10 nitrogen and oxygen atoms in total. The Morgan fingerprint density at radius 1 is 1.08 bits per heavy atom. The Hall–Kier alpha value is -3.69. The number of hydrogen-bond donors (Lipinski definition) is 1. The molecular formula is C28H37N4O6+. The standard InChI is InChI=1S/C28H36N4O6/c1-27(2,3)37-25(35)22-17(15-18-12-14-31(23(18)33)19-9-8-13-30(7)16-19)10-11-20-21(24(34)32(20)22)29-26(36)38-28(4,5)6/h8-9,13,15-16,20-21H,10-12,14H2,1-7H3/p+1/t20-,21+/m1/s1. The maximum Gasteiger partial charge on any atom is 0.408 e. The lowest BCUT2D eigenvalue weighted by Gasteiger charge is -2.50. The number of pyridine rings is 1. The van der Waals surface area contributed by atoms with Crippen molar-refractivity contribution < 1.29 is 33.2 Å². The third-order valence-corrected chi connectivity index (χ3v) is 6.45. The lowest BCUT2D eigenvalue weighted by molar-refractivity contribution is -0.670. The Morgan fingerprint density at radius 2 is 1.76 bits per heavy atom. The van der Waals surface area contributed by atoms with Gasteiger partial charge in [0, 0.05) is 18.2 Å². The van der Waals surface area contributed by atoms with E-state index in [1.807, 2.05) is 36.1 Å². The first-order chi connectivity index (χ1) is 17.6. The summed E-state index contributed by atoms with van der Waals surface area (Å²) in [7, 11) is 1.90. The van der Waals surface area contributed by atoms with Gasteiger partial charge in [-0.2, -0.15) is 0 Å². The van der Waals surface area contributed by atoms with E-state index in [1.165, 1.54) is 4.90 Å². The van der Waals surface area contributed by atoms with E-state index in [0.29, 0.717) is 37.0 Å². The number of ether oxygens (including phenoxy) is 2. The predicted molar refractivity (Wildman–Crippen MR) is 139 cm³/mol. The Labute approximate surface area is 223 Å². The molecule has 1 N–H and O–H groups in total. The second-order valence-electron chi connectivity index (χ2n) is 11.9. The van der Waals surface area contributed by atoms with Gasteiger partial charge in [0.25, 0.3) is 11.8 Å². The molecule has 0 radical (unpaired) electrons. The molecule has 4 heterocycles. The van der Waals surface area contributed by atoms with E-state index in [4.69, 9.17) is 9.47 Å². The number of nitrogens with one attached hydrogen (secondary N) is 1. The first-order valence-electron chi connectivity index (χ1n) is 12.9. The van der Waals surface area contributed by atoms with Crippen LogP contribution in [0, 0.1) is 0 Å². The number of rotatable bonds is 4. The van der Waals surface area contributed by atoms with Crippen molar-refractivity contribution in [2.75, 3.05) is 11.4 Å². The van der Waals surface area contributed by atoms with Crippen molar-refractivity contribution in [3.8, 4) is 0 Å². The minimum absolute atomic E-state index is 0.131. The Kier molecular flexibility index (Phi) is 7.11. The molecule has 4 rings (SSSR count). The molecule has 2 atom stereocenters. The number of alkyl carbamates (subject to hydrolysis) is 1. The number of anilines is 1. The van der Waals surface area contributed by atoms with E-state index in [2.05, 4.69) is 5.32 Å². The second-order valence-corrected chi connectivity index (χ2v) is 11.9. The number of esters is 1. The molecule has 0 saturated carbocycles. The fraction of sp³-hybridized carbons (Fsp3) is 0.536. The van der Waals surface area contributed by atoms with E-state index in [-0.39, 0.29) is 11.6 Å². The van der Waals surface area contributed by atoms with Gasteiger partial charge in [-0.25, -0.2) is 14.2 Å². The fourth-order valence-corrected chi connectivity index (χ4v) is 4.92. The summed E-state index contributed by atoms with van der Waals surface area (Å²) in [5.74, 6) is -1.17. The van der Waals surface area contributed by atoms with Gasteiger partial charge in [0.2, 0.25) is 0 Å². The molecule has 38 heavy (non-hydrogen) atoms. The number of hydrogen-bond acceptors (Lipinski definition) is 6. The average Bonchev–Trinajstić information content (AvgIpc) is 3.14. The van der Waals surface area contributed by atoms with Crippen LogP contribution in [0.3, 0.4) is 0 Å². The molecule has 3 amide bonds. The lowest BCUT2D eigenvalue weighted by atomic mass is 9.83. The summed E-state index contributed by atoms with van der Waals surface area (Å²) in [5, 5.41) is 2.65. The number of carbonyl (C=O) groups excluding carboxylic acids is 4. The summed E-state index contributed by atoms with van der Waals surface area (Å²) in [6, 6.07) is 2.57. The van der Waals surface area contributed by atoms with Crippen LogP contribution in [0.25, 0.3) is 0 Å². The van der Waals surface area contributed by atoms with E-state index in [1.54, 1.807) is 52.5 Å². The zero-order chi connectivity index (χ0) is 28.0. The molecule has 0 aliphatic carbocycles. The molecule has 0 aromatic carbocycles. The van der Waals surface area contributed by atoms with Crippen LogP contribution in [0.2, 0.25) is 0 Å². The van der Waals surface area contributed by atoms with Gasteiger partial charge in [-0.05, 0) is 78.5 Å². The van der Waals surface area contributed by atoms with Crippen LogP contribution >= 0.6 is 0 Å². The van der Waals surface area contributed by atoms with Crippen LogP contribution in [0.5, 0.6) is 0 Å². The van der Waals surface area contributed by atoms with Crippen molar-refractivity contribution in [2.45, 2.75) is 84.1 Å². The van der Waals surface area contributed by atoms with Gasteiger partial charge in [0.1, 0.15) is 35.7 Å². The van der Waals surface area contributed by atoms with Crippen molar-refractivity contribution in [2.24, 2.45) is 7.05 Å². The van der Waals surface area contributed by atoms with E-state index >= 15 is 0 Å². The number of carbonyl (C=O) groups is 4. The maximum atomic E-state index is 13.3. The van der Waals surface area contributed by atoms with Crippen molar-refractivity contribution in [3.05, 3.63) is 47.4 Å². The largest absolute Gasteiger partial charge is 0.455 e. The zero-order valence-corrected chi connectivity index (χ0v) is 23.2. The van der Waals surface area contributed by atoms with Crippen LogP contribution in [0.4, 0.5) is 10.5 Å². The molecule has 1 aromatic rings. The SMILES string of the molecule is C[n+]1cccc(N2CCC(=CC3=C(C(=O)OC(C)(C)C)N4C(=O)[C@@H](NC(=O)OC(C)(C)C)[C@H]4CC3)C2=O)c1. The van der Waals surface area contributed by atoms with Gasteiger partial charge < -0.3 is 19.7 Å². The molecule has 0 bridgehead atoms. The molecule has 204 valence electrons.